The number of hydrogen-bond donors (Lipinski definition) is 2. The topological polar surface area (TPSA) is 122 Å². The Kier molecular flexibility index (Phi) is 6.57. The summed E-state index contributed by atoms with van der Waals surface area (Å²) < 4.78 is 61.9. The highest BCUT2D eigenvalue weighted by molar-refractivity contribution is 7.89. The van der Waals surface area contributed by atoms with Crippen molar-refractivity contribution in [2.45, 2.75) is 24.8 Å². The molecule has 9 nitrogen and oxygen atoms in total. The average molecular weight is 499 g/mol. The number of rotatable bonds is 8. The number of nitrogens with zero attached hydrogens (tertiary/aromatic N) is 2. The van der Waals surface area contributed by atoms with Gasteiger partial charge in [0, 0.05) is 36.6 Å². The Balaban J connectivity index is 1.32. The van der Waals surface area contributed by atoms with Gasteiger partial charge in [0.25, 0.3) is 10.2 Å². The van der Waals surface area contributed by atoms with E-state index in [4.69, 9.17) is 16.1 Å². The number of nitrogens with one attached hydrogen (secondary N) is 2. The van der Waals surface area contributed by atoms with Crippen LogP contribution in [0.1, 0.15) is 18.1 Å². The monoisotopic (exact) mass is 498 g/mol. The van der Waals surface area contributed by atoms with E-state index < -0.39 is 20.2 Å². The molecular formula is C20H23ClN4O5S2. The van der Waals surface area contributed by atoms with Gasteiger partial charge in [0.1, 0.15) is 11.8 Å². The van der Waals surface area contributed by atoms with E-state index in [1.54, 1.807) is 19.1 Å². The summed E-state index contributed by atoms with van der Waals surface area (Å²) in [7, 11) is -7.45. The lowest BCUT2D eigenvalue weighted by molar-refractivity contribution is 0.380. The number of halogens is 1. The van der Waals surface area contributed by atoms with Crippen molar-refractivity contribution in [2.75, 3.05) is 19.6 Å². The maximum Gasteiger partial charge on any atom is 0.279 e. The average Bonchev–Trinajstić information content (AvgIpc) is 3.24. The van der Waals surface area contributed by atoms with Crippen molar-refractivity contribution in [3.05, 3.63) is 58.8 Å². The molecule has 3 aromatic rings. The highest BCUT2D eigenvalue weighted by Crippen LogP contribution is 2.24. The zero-order valence-electron chi connectivity index (χ0n) is 17.3. The zero-order chi connectivity index (χ0) is 22.9. The largest absolute Gasteiger partial charge is 0.364 e. The summed E-state index contributed by atoms with van der Waals surface area (Å²) >= 11 is 6.01. The molecule has 2 aromatic carbocycles. The van der Waals surface area contributed by atoms with E-state index >= 15 is 0 Å². The second-order valence-corrected chi connectivity index (χ2v) is 11.8. The van der Waals surface area contributed by atoms with Crippen molar-refractivity contribution in [1.82, 2.24) is 18.9 Å². The molecule has 32 heavy (non-hydrogen) atoms. The molecule has 1 atom stereocenters. The Morgan fingerprint density at radius 3 is 2.69 bits per heavy atom. The predicted octanol–water partition coefficient (Wildman–Crippen LogP) is 2.29. The van der Waals surface area contributed by atoms with Gasteiger partial charge in [-0.2, -0.15) is 12.7 Å². The molecule has 12 heteroatoms. The van der Waals surface area contributed by atoms with Crippen molar-refractivity contribution >= 4 is 42.7 Å². The van der Waals surface area contributed by atoms with Crippen LogP contribution in [0.15, 0.2) is 52.1 Å². The smallest absolute Gasteiger partial charge is 0.279 e. The molecule has 0 saturated heterocycles. The molecule has 1 aromatic heterocycles. The van der Waals surface area contributed by atoms with Crippen LogP contribution in [0.25, 0.3) is 10.9 Å². The third-order valence-electron chi connectivity index (χ3n) is 5.36. The minimum Gasteiger partial charge on any atom is -0.364 e. The van der Waals surface area contributed by atoms with Crippen LogP contribution in [0.2, 0.25) is 5.02 Å². The fraction of sp³-hybridized carbons (Fsp3) is 0.350. The van der Waals surface area contributed by atoms with Gasteiger partial charge in [-0.25, -0.2) is 17.9 Å². The van der Waals surface area contributed by atoms with E-state index in [-0.39, 0.29) is 30.4 Å². The zero-order valence-corrected chi connectivity index (χ0v) is 19.7. The van der Waals surface area contributed by atoms with E-state index in [9.17, 15) is 16.8 Å². The fourth-order valence-corrected chi connectivity index (χ4v) is 6.18. The molecule has 0 spiro atoms. The summed E-state index contributed by atoms with van der Waals surface area (Å²) in [6, 6.07) is 9.94. The van der Waals surface area contributed by atoms with Crippen molar-refractivity contribution in [3.8, 4) is 0 Å². The van der Waals surface area contributed by atoms with Gasteiger partial charge in [-0.3, -0.25) is 0 Å². The lowest BCUT2D eigenvalue weighted by Crippen LogP contribution is -2.45. The lowest BCUT2D eigenvalue weighted by Gasteiger charge is -2.28. The first-order valence-electron chi connectivity index (χ1n) is 10.00. The Hall–Kier alpha value is -2.02. The van der Waals surface area contributed by atoms with E-state index in [0.29, 0.717) is 28.9 Å². The number of aromatic nitrogens is 1. The van der Waals surface area contributed by atoms with Crippen LogP contribution in [0.3, 0.4) is 0 Å². The van der Waals surface area contributed by atoms with Gasteiger partial charge in [0.05, 0.1) is 4.90 Å². The second kappa shape index (κ2) is 9.08. The molecule has 1 unspecified atom stereocenters. The molecule has 0 fully saturated rings. The molecular weight excluding hydrogens is 476 g/mol. The van der Waals surface area contributed by atoms with Crippen LogP contribution in [-0.2, 0) is 33.2 Å². The third-order valence-corrected chi connectivity index (χ3v) is 8.54. The molecule has 1 aliphatic rings. The minimum atomic E-state index is -3.75. The predicted molar refractivity (Wildman–Crippen MR) is 121 cm³/mol. The number of hydrogen-bond acceptors (Lipinski definition) is 6. The molecule has 1 aliphatic heterocycles. The fourth-order valence-electron chi connectivity index (χ4n) is 3.46. The highest BCUT2D eigenvalue weighted by Gasteiger charge is 2.27. The summed E-state index contributed by atoms with van der Waals surface area (Å²) in [4.78, 5) is 0.0908. The van der Waals surface area contributed by atoms with Crippen LogP contribution in [-0.4, -0.2) is 45.9 Å². The molecule has 4 rings (SSSR count). The summed E-state index contributed by atoms with van der Waals surface area (Å²) in [5, 5.41) is 4.97. The summed E-state index contributed by atoms with van der Waals surface area (Å²) in [5.74, 6) is -0.269. The van der Waals surface area contributed by atoms with Gasteiger partial charge in [0.15, 0.2) is 0 Å². The molecule has 0 saturated carbocycles. The first-order valence-corrected chi connectivity index (χ1v) is 13.3. The SMILES string of the molecule is CC(CNS(=O)(=O)c1ccc2nocc2c1)CNS(=O)(=O)N1CCc2cc(Cl)ccc2C1. The van der Waals surface area contributed by atoms with Crippen LogP contribution in [0, 0.1) is 5.92 Å². The molecule has 2 N–H and O–H groups in total. The minimum absolute atomic E-state index is 0.0772. The second-order valence-electron chi connectivity index (χ2n) is 7.84. The molecule has 2 heterocycles. The van der Waals surface area contributed by atoms with Gasteiger partial charge >= 0.3 is 0 Å². The van der Waals surface area contributed by atoms with Gasteiger partial charge in [-0.05, 0) is 53.8 Å². The Bertz CT molecular complexity index is 1340. The lowest BCUT2D eigenvalue weighted by atomic mass is 10.0. The first-order chi connectivity index (χ1) is 15.1. The van der Waals surface area contributed by atoms with Crippen molar-refractivity contribution in [1.29, 1.82) is 0 Å². The standard InChI is InChI=1S/C20H23ClN4O5S2/c1-14(10-22-31(26,27)19-4-5-20-17(9-19)13-30-24-20)11-23-32(28,29)25-7-6-15-8-18(21)3-2-16(15)12-25/h2-5,8-9,13-14,22-23H,6-7,10-12H2,1H3. The molecule has 0 aliphatic carbocycles. The molecule has 0 bridgehead atoms. The van der Waals surface area contributed by atoms with Crippen LogP contribution >= 0.6 is 11.6 Å². The van der Waals surface area contributed by atoms with Crippen molar-refractivity contribution in [3.63, 3.8) is 0 Å². The van der Waals surface area contributed by atoms with Crippen LogP contribution in [0.4, 0.5) is 0 Å². The van der Waals surface area contributed by atoms with E-state index in [2.05, 4.69) is 14.6 Å². The van der Waals surface area contributed by atoms with Crippen molar-refractivity contribution in [2.24, 2.45) is 5.92 Å². The maximum absolute atomic E-state index is 12.7. The normalized spacial score (nSPS) is 16.2. The summed E-state index contributed by atoms with van der Waals surface area (Å²) in [5.41, 5.74) is 2.54. The highest BCUT2D eigenvalue weighted by atomic mass is 35.5. The maximum atomic E-state index is 12.7. The van der Waals surface area contributed by atoms with Gasteiger partial charge in [-0.15, -0.1) is 0 Å². The molecule has 0 radical (unpaired) electrons. The third kappa shape index (κ3) is 5.13. The van der Waals surface area contributed by atoms with Crippen molar-refractivity contribution < 1.29 is 21.4 Å². The van der Waals surface area contributed by atoms with E-state index in [1.807, 2.05) is 12.1 Å². The Labute approximate surface area is 192 Å². The molecule has 172 valence electrons. The number of benzene rings is 2. The number of fused-ring (bicyclic) bond motifs is 2. The van der Waals surface area contributed by atoms with Gasteiger partial charge in [0.2, 0.25) is 10.0 Å². The Morgan fingerprint density at radius 1 is 1.09 bits per heavy atom. The number of sulfonamides is 1. The summed E-state index contributed by atoms with van der Waals surface area (Å²) in [6.45, 7) is 2.57. The van der Waals surface area contributed by atoms with Gasteiger partial charge in [-0.1, -0.05) is 29.7 Å². The first kappa shape index (κ1) is 23.1. The Morgan fingerprint density at radius 2 is 1.88 bits per heavy atom. The molecule has 0 amide bonds. The van der Waals surface area contributed by atoms with Crippen LogP contribution in [0.5, 0.6) is 0 Å². The van der Waals surface area contributed by atoms with E-state index in [1.165, 1.54) is 22.7 Å². The van der Waals surface area contributed by atoms with Crippen LogP contribution < -0.4 is 9.44 Å². The van der Waals surface area contributed by atoms with E-state index in [0.717, 1.165) is 11.1 Å². The quantitative estimate of drug-likeness (QED) is 0.491. The summed E-state index contributed by atoms with van der Waals surface area (Å²) in [6.07, 6.45) is 1.96. The van der Waals surface area contributed by atoms with Gasteiger partial charge < -0.3 is 4.52 Å².